The summed E-state index contributed by atoms with van der Waals surface area (Å²) in [7, 11) is -4.02. The summed E-state index contributed by atoms with van der Waals surface area (Å²) in [6.07, 6.45) is 0. The summed E-state index contributed by atoms with van der Waals surface area (Å²) in [5.41, 5.74) is 17.2. The molecule has 362 valence electrons. The Balaban J connectivity index is 0.000000173. The van der Waals surface area contributed by atoms with Crippen LogP contribution in [0, 0.1) is 39.7 Å². The third-order valence-corrected chi connectivity index (χ3v) is 13.8. The van der Waals surface area contributed by atoms with Crippen molar-refractivity contribution in [3.05, 3.63) is 206 Å². The van der Waals surface area contributed by atoms with Crippen LogP contribution in [0.5, 0.6) is 0 Å². The molecule has 0 bridgehead atoms. The fraction of sp³-hybridized carbons (Fsp3) is 0.200. The quantitative estimate of drug-likeness (QED) is 0.0573. The second kappa shape index (κ2) is 24.0. The van der Waals surface area contributed by atoms with Crippen LogP contribution in [-0.2, 0) is 23.2 Å². The molecule has 3 N–H and O–H groups in total. The van der Waals surface area contributed by atoms with Crippen LogP contribution in [0.1, 0.15) is 27.8 Å². The van der Waals surface area contributed by atoms with Crippen LogP contribution in [-0.4, -0.2) is 80.1 Å². The van der Waals surface area contributed by atoms with E-state index < -0.39 is 15.0 Å². The Morgan fingerprint density at radius 1 is 0.606 bits per heavy atom. The number of halogens is 2. The molecule has 7 aromatic carbocycles. The number of nitro groups is 1. The van der Waals surface area contributed by atoms with Crippen molar-refractivity contribution in [3.8, 4) is 34.4 Å². The fourth-order valence-corrected chi connectivity index (χ4v) is 9.20. The van der Waals surface area contributed by atoms with E-state index in [-0.39, 0.29) is 16.1 Å². The van der Waals surface area contributed by atoms with Crippen molar-refractivity contribution in [2.45, 2.75) is 24.9 Å². The van der Waals surface area contributed by atoms with Crippen molar-refractivity contribution in [2.24, 2.45) is 0 Å². The number of nitriles is 2. The molecule has 2 aliphatic rings. The number of aryl methyl sites for hydroxylation is 1. The van der Waals surface area contributed by atoms with Crippen molar-refractivity contribution in [3.63, 3.8) is 0 Å². The molecule has 0 unspecified atom stereocenters. The SMILES string of the molecule is Cc1ccc(S(=O)(=O)O)cc1.N#Cc1ccc(N2CCN(Cc3ccccc3-c3ccc(Cl)cc3)CC2)cc1N.N#Cc1ccc(N2CCN(Cc3ccccc3-c3ccc(Cl)cc3)CC2)cc1[N+](=O)[O-]. The Bertz CT molecular complexity index is 3150. The van der Waals surface area contributed by atoms with Crippen molar-refractivity contribution in [2.75, 3.05) is 67.9 Å². The molecule has 71 heavy (non-hydrogen) atoms. The summed E-state index contributed by atoms with van der Waals surface area (Å²) in [6, 6.07) is 53.4. The zero-order valence-corrected chi connectivity index (χ0v) is 41.4. The summed E-state index contributed by atoms with van der Waals surface area (Å²) in [5.74, 6) is 0. The summed E-state index contributed by atoms with van der Waals surface area (Å²) in [5, 5.41) is 30.9. The molecule has 2 fully saturated rings. The van der Waals surface area contributed by atoms with E-state index >= 15 is 0 Å². The zero-order chi connectivity index (χ0) is 50.5. The molecule has 13 nitrogen and oxygen atoms in total. The number of piperazine rings is 2. The van der Waals surface area contributed by atoms with E-state index in [4.69, 9.17) is 44.0 Å². The van der Waals surface area contributed by atoms with Crippen LogP contribution in [0.15, 0.2) is 163 Å². The third kappa shape index (κ3) is 14.0. The van der Waals surface area contributed by atoms with Crippen molar-refractivity contribution in [1.29, 1.82) is 10.5 Å². The van der Waals surface area contributed by atoms with E-state index in [2.05, 4.69) is 80.3 Å². The van der Waals surface area contributed by atoms with E-state index in [0.29, 0.717) is 11.3 Å². The number of nitrogens with zero attached hydrogens (tertiary/aromatic N) is 7. The number of nitrogen functional groups attached to an aromatic ring is 1. The van der Waals surface area contributed by atoms with Crippen molar-refractivity contribution >= 4 is 56.1 Å². The highest BCUT2D eigenvalue weighted by Gasteiger charge is 2.23. The maximum Gasteiger partial charge on any atom is 0.294 e. The molecule has 16 heteroatoms. The van der Waals surface area contributed by atoms with Gasteiger partial charge in [0.1, 0.15) is 17.7 Å². The van der Waals surface area contributed by atoms with Gasteiger partial charge >= 0.3 is 0 Å². The molecule has 0 radical (unpaired) electrons. The van der Waals surface area contributed by atoms with E-state index in [1.807, 2.05) is 67.6 Å². The summed E-state index contributed by atoms with van der Waals surface area (Å²) >= 11 is 12.1. The molecule has 0 saturated carbocycles. The minimum absolute atomic E-state index is 0.0666. The first kappa shape index (κ1) is 51.6. The van der Waals surface area contributed by atoms with Gasteiger partial charge in [0.2, 0.25) is 0 Å². The number of nitro benzene ring substituents is 1. The molecule has 2 heterocycles. The molecule has 0 spiro atoms. The number of rotatable bonds is 10. The average molecular weight is 1010 g/mol. The molecule has 0 aliphatic carbocycles. The van der Waals surface area contributed by atoms with Gasteiger partial charge in [-0.15, -0.1) is 0 Å². The Labute approximate surface area is 425 Å². The third-order valence-electron chi connectivity index (χ3n) is 12.4. The second-order valence-electron chi connectivity index (χ2n) is 17.1. The van der Waals surface area contributed by atoms with Gasteiger partial charge in [-0.2, -0.15) is 18.9 Å². The maximum absolute atomic E-state index is 11.3. The smallest absolute Gasteiger partial charge is 0.294 e. The highest BCUT2D eigenvalue weighted by atomic mass is 35.5. The predicted molar refractivity (Wildman–Crippen MR) is 283 cm³/mol. The molecular formula is C55H52Cl2N8O5S. The number of hydrogen-bond acceptors (Lipinski definition) is 11. The Hall–Kier alpha value is -7.27. The van der Waals surface area contributed by atoms with Crippen molar-refractivity contribution in [1.82, 2.24) is 9.80 Å². The van der Waals surface area contributed by atoms with Crippen LogP contribution in [0.2, 0.25) is 10.0 Å². The number of hydrogen-bond donors (Lipinski definition) is 2. The van der Waals surface area contributed by atoms with Crippen LogP contribution >= 0.6 is 23.2 Å². The normalized spacial score (nSPS) is 13.9. The molecule has 2 aliphatic heterocycles. The van der Waals surface area contributed by atoms with Crippen LogP contribution in [0.4, 0.5) is 22.7 Å². The Morgan fingerprint density at radius 2 is 1.03 bits per heavy atom. The van der Waals surface area contributed by atoms with Gasteiger partial charge in [-0.3, -0.25) is 24.5 Å². The van der Waals surface area contributed by atoms with Crippen LogP contribution in [0.25, 0.3) is 22.3 Å². The highest BCUT2D eigenvalue weighted by Crippen LogP contribution is 2.30. The molecule has 0 atom stereocenters. The van der Waals surface area contributed by atoms with E-state index in [1.165, 1.54) is 52.1 Å². The van der Waals surface area contributed by atoms with Gasteiger partial charge in [-0.1, -0.05) is 114 Å². The molecule has 0 amide bonds. The first-order chi connectivity index (χ1) is 34.2. The largest absolute Gasteiger partial charge is 0.398 e. The number of anilines is 3. The Morgan fingerprint density at radius 3 is 1.44 bits per heavy atom. The standard InChI is InChI=1S/C24H21ClN4O2.C24H23ClN4.C7H8O3S/c25-21-8-5-18(6-9-21)23-4-2-1-3-20(23)17-27-11-13-28(14-12-27)22-10-7-19(16-26)24(15-22)29(30)31;25-21-8-5-18(6-9-21)23-4-2-1-3-20(23)17-28-11-13-29(14-12-28)22-10-7-19(16-26)24(27)15-22;1-6-2-4-7(5-3-6)11(8,9)10/h1-10,15H,11-14,17H2;1-10,15H,11-14,17,27H2;2-5H,1H3,(H,8,9,10). The lowest BCUT2D eigenvalue weighted by atomic mass is 9.99. The van der Waals surface area contributed by atoms with Gasteiger partial charge in [0.15, 0.2) is 0 Å². The van der Waals surface area contributed by atoms with E-state index in [9.17, 15) is 18.5 Å². The molecule has 0 aromatic heterocycles. The zero-order valence-electron chi connectivity index (χ0n) is 39.0. The van der Waals surface area contributed by atoms with E-state index in [1.54, 1.807) is 24.3 Å². The minimum Gasteiger partial charge on any atom is -0.398 e. The highest BCUT2D eigenvalue weighted by molar-refractivity contribution is 7.85. The van der Waals surface area contributed by atoms with Gasteiger partial charge < -0.3 is 15.5 Å². The molecular weight excluding hydrogens is 956 g/mol. The minimum atomic E-state index is -4.02. The van der Waals surface area contributed by atoms with Gasteiger partial charge in [0.05, 0.1) is 21.1 Å². The van der Waals surface area contributed by atoms with E-state index in [0.717, 1.165) is 98.0 Å². The lowest BCUT2D eigenvalue weighted by molar-refractivity contribution is -0.385. The number of benzene rings is 7. The second-order valence-corrected chi connectivity index (χ2v) is 19.4. The predicted octanol–water partition coefficient (Wildman–Crippen LogP) is 11.1. The van der Waals surface area contributed by atoms with Crippen LogP contribution in [0.3, 0.4) is 0 Å². The first-order valence-corrected chi connectivity index (χ1v) is 25.0. The number of nitrogens with two attached hydrogens (primary N) is 1. The lowest BCUT2D eigenvalue weighted by Crippen LogP contribution is -2.46. The first-order valence-electron chi connectivity index (χ1n) is 22.8. The van der Waals surface area contributed by atoms with Gasteiger partial charge in [-0.05, 0) is 107 Å². The molecule has 9 rings (SSSR count). The van der Waals surface area contributed by atoms with Gasteiger partial charge in [-0.25, -0.2) is 0 Å². The fourth-order valence-electron chi connectivity index (χ4n) is 8.47. The van der Waals surface area contributed by atoms with Gasteiger partial charge in [0, 0.05) is 92.9 Å². The summed E-state index contributed by atoms with van der Waals surface area (Å²) < 4.78 is 29.6. The lowest BCUT2D eigenvalue weighted by Gasteiger charge is -2.36. The summed E-state index contributed by atoms with van der Waals surface area (Å²) in [6.45, 7) is 10.7. The Kier molecular flexibility index (Phi) is 17.5. The molecule has 7 aromatic rings. The van der Waals surface area contributed by atoms with Gasteiger partial charge in [0.25, 0.3) is 15.8 Å². The summed E-state index contributed by atoms with van der Waals surface area (Å²) in [4.78, 5) is 20.0. The van der Waals surface area contributed by atoms with Crippen LogP contribution < -0.4 is 15.5 Å². The monoisotopic (exact) mass is 1010 g/mol. The topological polar surface area (TPSA) is 184 Å². The average Bonchev–Trinajstić information content (AvgIpc) is 3.38. The molecule has 2 saturated heterocycles. The maximum atomic E-state index is 11.3. The van der Waals surface area contributed by atoms with Crippen molar-refractivity contribution < 1.29 is 17.9 Å².